The summed E-state index contributed by atoms with van der Waals surface area (Å²) in [5.41, 5.74) is 6.63. The number of rotatable bonds is 5. The van der Waals surface area contributed by atoms with Crippen molar-refractivity contribution in [3.8, 4) is 5.75 Å². The van der Waals surface area contributed by atoms with Crippen LogP contribution in [0.1, 0.15) is 37.7 Å². The van der Waals surface area contributed by atoms with Crippen molar-refractivity contribution in [1.82, 2.24) is 0 Å². The Balaban J connectivity index is 2.23. The van der Waals surface area contributed by atoms with E-state index in [-0.39, 0.29) is 17.7 Å². The van der Waals surface area contributed by atoms with Gasteiger partial charge in [0.2, 0.25) is 5.91 Å². The van der Waals surface area contributed by atoms with Gasteiger partial charge in [0.25, 0.3) is 0 Å². The molecule has 20 heavy (non-hydrogen) atoms. The summed E-state index contributed by atoms with van der Waals surface area (Å²) >= 11 is 0. The Labute approximate surface area is 120 Å². The topological polar surface area (TPSA) is 52.3 Å². The molecule has 1 aliphatic carbocycles. The van der Waals surface area contributed by atoms with Crippen LogP contribution in [0.5, 0.6) is 5.75 Å². The first-order valence-electron chi connectivity index (χ1n) is 7.23. The van der Waals surface area contributed by atoms with Crippen LogP contribution in [0.3, 0.4) is 0 Å². The second-order valence-electron chi connectivity index (χ2n) is 5.54. The third-order valence-corrected chi connectivity index (χ3v) is 4.27. The normalized spacial score (nSPS) is 21.2. The first kappa shape index (κ1) is 14.6. The summed E-state index contributed by atoms with van der Waals surface area (Å²) in [6.07, 6.45) is 7.94. The van der Waals surface area contributed by atoms with Crippen molar-refractivity contribution < 1.29 is 9.53 Å². The molecule has 0 heterocycles. The number of ether oxygens (including phenoxy) is 1. The van der Waals surface area contributed by atoms with Crippen molar-refractivity contribution >= 4 is 5.91 Å². The standard InChI is InChI=1S/C17H23NO2/c1-12(13-6-4-3-5-7-13)16(17(18)19)14-8-10-15(20-2)11-9-14/h4,6,8-13,16H,3,5,7H2,1-2H3,(H2,18,19). The average Bonchev–Trinajstić information content (AvgIpc) is 2.48. The zero-order valence-corrected chi connectivity index (χ0v) is 12.2. The molecule has 0 saturated carbocycles. The van der Waals surface area contributed by atoms with Gasteiger partial charge in [-0.15, -0.1) is 0 Å². The molecule has 3 atom stereocenters. The Hall–Kier alpha value is -1.77. The first-order chi connectivity index (χ1) is 9.63. The fourth-order valence-electron chi connectivity index (χ4n) is 3.06. The van der Waals surface area contributed by atoms with Gasteiger partial charge in [0.05, 0.1) is 13.0 Å². The lowest BCUT2D eigenvalue weighted by atomic mass is 9.75. The van der Waals surface area contributed by atoms with Crippen LogP contribution in [0.25, 0.3) is 0 Å². The quantitative estimate of drug-likeness (QED) is 0.837. The molecule has 3 unspecified atom stereocenters. The van der Waals surface area contributed by atoms with Crippen molar-refractivity contribution in [2.45, 2.75) is 32.1 Å². The van der Waals surface area contributed by atoms with E-state index in [1.54, 1.807) is 7.11 Å². The lowest BCUT2D eigenvalue weighted by molar-refractivity contribution is -0.120. The maximum Gasteiger partial charge on any atom is 0.225 e. The number of hydrogen-bond donors (Lipinski definition) is 1. The minimum atomic E-state index is -0.248. The average molecular weight is 273 g/mol. The van der Waals surface area contributed by atoms with E-state index in [9.17, 15) is 4.79 Å². The molecule has 0 spiro atoms. The zero-order chi connectivity index (χ0) is 14.5. The Kier molecular flexibility index (Phi) is 4.83. The Morgan fingerprint density at radius 2 is 2.05 bits per heavy atom. The zero-order valence-electron chi connectivity index (χ0n) is 12.2. The largest absolute Gasteiger partial charge is 0.497 e. The molecule has 0 aliphatic heterocycles. The number of nitrogens with two attached hydrogens (primary N) is 1. The number of amides is 1. The lowest BCUT2D eigenvalue weighted by Gasteiger charge is -2.29. The van der Waals surface area contributed by atoms with Gasteiger partial charge in [-0.3, -0.25) is 4.79 Å². The van der Waals surface area contributed by atoms with E-state index >= 15 is 0 Å². The van der Waals surface area contributed by atoms with Gasteiger partial charge in [0.15, 0.2) is 0 Å². The fourth-order valence-corrected chi connectivity index (χ4v) is 3.06. The Morgan fingerprint density at radius 3 is 2.55 bits per heavy atom. The number of benzene rings is 1. The van der Waals surface area contributed by atoms with Gasteiger partial charge in [-0.1, -0.05) is 31.2 Å². The highest BCUT2D eigenvalue weighted by atomic mass is 16.5. The minimum Gasteiger partial charge on any atom is -0.497 e. The van der Waals surface area contributed by atoms with Gasteiger partial charge < -0.3 is 10.5 Å². The number of carbonyl (C=O) groups is 1. The van der Waals surface area contributed by atoms with Crippen LogP contribution in [-0.2, 0) is 4.79 Å². The summed E-state index contributed by atoms with van der Waals surface area (Å²) in [4.78, 5) is 11.9. The van der Waals surface area contributed by atoms with E-state index in [4.69, 9.17) is 10.5 Å². The summed E-state index contributed by atoms with van der Waals surface area (Å²) < 4.78 is 5.16. The van der Waals surface area contributed by atoms with Crippen LogP contribution in [0.15, 0.2) is 36.4 Å². The molecule has 0 saturated heterocycles. The molecule has 0 aromatic heterocycles. The lowest BCUT2D eigenvalue weighted by Crippen LogP contribution is -2.30. The summed E-state index contributed by atoms with van der Waals surface area (Å²) in [5, 5.41) is 0. The molecule has 1 aromatic carbocycles. The van der Waals surface area contributed by atoms with Gasteiger partial charge in [-0.25, -0.2) is 0 Å². The molecule has 0 fully saturated rings. The molecule has 108 valence electrons. The maximum atomic E-state index is 11.9. The highest BCUT2D eigenvalue weighted by Crippen LogP contribution is 2.35. The maximum absolute atomic E-state index is 11.9. The van der Waals surface area contributed by atoms with Crippen molar-refractivity contribution in [2.75, 3.05) is 7.11 Å². The highest BCUT2D eigenvalue weighted by molar-refractivity contribution is 5.82. The van der Waals surface area contributed by atoms with E-state index in [0.717, 1.165) is 24.2 Å². The number of methoxy groups -OCH3 is 1. The van der Waals surface area contributed by atoms with Crippen LogP contribution in [0.2, 0.25) is 0 Å². The van der Waals surface area contributed by atoms with E-state index in [1.807, 2.05) is 24.3 Å². The predicted octanol–water partition coefficient (Wildman–Crippen LogP) is 3.26. The van der Waals surface area contributed by atoms with Crippen molar-refractivity contribution in [3.05, 3.63) is 42.0 Å². The second-order valence-corrected chi connectivity index (χ2v) is 5.54. The summed E-state index contributed by atoms with van der Waals surface area (Å²) in [5.74, 6) is 0.957. The molecule has 0 bridgehead atoms. The van der Waals surface area contributed by atoms with Gasteiger partial charge in [-0.05, 0) is 48.8 Å². The van der Waals surface area contributed by atoms with Gasteiger partial charge in [-0.2, -0.15) is 0 Å². The van der Waals surface area contributed by atoms with Crippen LogP contribution in [0.4, 0.5) is 0 Å². The Morgan fingerprint density at radius 1 is 1.35 bits per heavy atom. The van der Waals surface area contributed by atoms with Gasteiger partial charge in [0.1, 0.15) is 5.75 Å². The van der Waals surface area contributed by atoms with E-state index < -0.39 is 0 Å². The van der Waals surface area contributed by atoms with Gasteiger partial charge in [0, 0.05) is 0 Å². The van der Waals surface area contributed by atoms with Crippen LogP contribution >= 0.6 is 0 Å². The SMILES string of the molecule is COc1ccc(C(C(N)=O)C(C)C2C=CCCC2)cc1. The molecular weight excluding hydrogens is 250 g/mol. The van der Waals surface area contributed by atoms with Gasteiger partial charge >= 0.3 is 0 Å². The van der Waals surface area contributed by atoms with Crippen molar-refractivity contribution in [2.24, 2.45) is 17.6 Å². The first-order valence-corrected chi connectivity index (χ1v) is 7.23. The van der Waals surface area contributed by atoms with Crippen LogP contribution in [0, 0.1) is 11.8 Å². The molecule has 2 rings (SSSR count). The summed E-state index contributed by atoms with van der Waals surface area (Å²) in [6.45, 7) is 2.12. The Bertz CT molecular complexity index is 478. The predicted molar refractivity (Wildman–Crippen MR) is 80.6 cm³/mol. The number of carbonyl (C=O) groups excluding carboxylic acids is 1. The van der Waals surface area contributed by atoms with Crippen molar-refractivity contribution in [1.29, 1.82) is 0 Å². The third-order valence-electron chi connectivity index (χ3n) is 4.27. The minimum absolute atomic E-state index is 0.220. The van der Waals surface area contributed by atoms with Crippen LogP contribution < -0.4 is 10.5 Å². The van der Waals surface area contributed by atoms with E-state index in [2.05, 4.69) is 19.1 Å². The molecule has 3 nitrogen and oxygen atoms in total. The molecule has 1 aromatic rings. The monoisotopic (exact) mass is 273 g/mol. The molecular formula is C17H23NO2. The molecule has 1 aliphatic rings. The fraction of sp³-hybridized carbons (Fsp3) is 0.471. The second kappa shape index (κ2) is 6.60. The molecule has 2 N–H and O–H groups in total. The molecule has 0 radical (unpaired) electrons. The summed E-state index contributed by atoms with van der Waals surface area (Å²) in [6, 6.07) is 7.65. The highest BCUT2D eigenvalue weighted by Gasteiger charge is 2.30. The smallest absolute Gasteiger partial charge is 0.225 e. The number of hydrogen-bond acceptors (Lipinski definition) is 2. The van der Waals surface area contributed by atoms with E-state index in [1.165, 1.54) is 6.42 Å². The molecule has 3 heteroatoms. The van der Waals surface area contributed by atoms with E-state index in [0.29, 0.717) is 5.92 Å². The number of allylic oxidation sites excluding steroid dienone is 2. The third kappa shape index (κ3) is 3.21. The summed E-state index contributed by atoms with van der Waals surface area (Å²) in [7, 11) is 1.63. The van der Waals surface area contributed by atoms with Crippen molar-refractivity contribution in [3.63, 3.8) is 0 Å². The number of primary amides is 1. The molecule has 1 amide bonds. The van der Waals surface area contributed by atoms with Crippen LogP contribution in [-0.4, -0.2) is 13.0 Å².